The number of halogens is 1. The Morgan fingerprint density at radius 1 is 1.35 bits per heavy atom. The summed E-state index contributed by atoms with van der Waals surface area (Å²) in [6.45, 7) is -0.381. The van der Waals surface area contributed by atoms with Gasteiger partial charge in [-0.2, -0.15) is 0 Å². The molecule has 0 radical (unpaired) electrons. The van der Waals surface area contributed by atoms with Crippen molar-refractivity contribution in [2.24, 2.45) is 0 Å². The van der Waals surface area contributed by atoms with Gasteiger partial charge in [-0.1, -0.05) is 6.08 Å². The fourth-order valence-electron chi connectivity index (χ4n) is 2.50. The zero-order valence-corrected chi connectivity index (χ0v) is 10.3. The topological polar surface area (TPSA) is 117 Å². The van der Waals surface area contributed by atoms with E-state index in [1.807, 2.05) is 0 Å². The maximum atomic E-state index is 13.9. The molecule has 2 heterocycles. The summed E-state index contributed by atoms with van der Waals surface area (Å²) >= 11 is 0. The molecule has 1 aliphatic rings. The molecule has 0 amide bonds. The third-order valence-electron chi connectivity index (χ3n) is 3.53. The summed E-state index contributed by atoms with van der Waals surface area (Å²) in [7, 11) is 0. The molecule has 1 aliphatic carbocycles. The quantitative estimate of drug-likeness (QED) is 0.543. The zero-order chi connectivity index (χ0) is 14.4. The minimum Gasteiger partial charge on any atom is -0.392 e. The van der Waals surface area contributed by atoms with Crippen LogP contribution in [0.15, 0.2) is 24.2 Å². The van der Waals surface area contributed by atoms with Crippen molar-refractivity contribution in [2.75, 3.05) is 12.3 Å². The van der Waals surface area contributed by atoms with Crippen LogP contribution < -0.4 is 5.73 Å². The Morgan fingerprint density at radius 2 is 2.10 bits per heavy atom. The van der Waals surface area contributed by atoms with Gasteiger partial charge in [0, 0.05) is 6.20 Å². The molecule has 0 bridgehead atoms. The summed E-state index contributed by atoms with van der Waals surface area (Å²) in [4.78, 5) is 7.68. The van der Waals surface area contributed by atoms with E-state index in [0.717, 1.165) is 6.20 Å². The molecule has 20 heavy (non-hydrogen) atoms. The van der Waals surface area contributed by atoms with Crippen molar-refractivity contribution in [1.82, 2.24) is 14.5 Å². The van der Waals surface area contributed by atoms with Crippen molar-refractivity contribution in [2.45, 2.75) is 18.2 Å². The maximum absolute atomic E-state index is 13.9. The Kier molecular flexibility index (Phi) is 2.93. The number of anilines is 1. The highest BCUT2D eigenvalue weighted by molar-refractivity contribution is 5.87. The van der Waals surface area contributed by atoms with E-state index in [0.29, 0.717) is 0 Å². The molecule has 5 N–H and O–H groups in total. The first-order valence-corrected chi connectivity index (χ1v) is 5.98. The Labute approximate surface area is 112 Å². The van der Waals surface area contributed by atoms with Crippen LogP contribution >= 0.6 is 0 Å². The lowest BCUT2D eigenvalue weighted by Crippen LogP contribution is -2.30. The van der Waals surface area contributed by atoms with Gasteiger partial charge in [-0.15, -0.1) is 0 Å². The van der Waals surface area contributed by atoms with Crippen LogP contribution in [0.25, 0.3) is 11.0 Å². The van der Waals surface area contributed by atoms with Crippen LogP contribution in [-0.2, 0) is 0 Å². The van der Waals surface area contributed by atoms with Crippen LogP contribution in [0.5, 0.6) is 0 Å². The molecule has 7 nitrogen and oxygen atoms in total. The third kappa shape index (κ3) is 1.69. The predicted molar refractivity (Wildman–Crippen MR) is 68.1 cm³/mol. The highest BCUT2D eigenvalue weighted by Gasteiger charge is 2.36. The Hall–Kier alpha value is -2.03. The maximum Gasteiger partial charge on any atom is 0.154 e. The number of nitrogen functional groups attached to an aromatic ring is 1. The first-order valence-electron chi connectivity index (χ1n) is 5.98. The molecule has 0 spiro atoms. The van der Waals surface area contributed by atoms with Gasteiger partial charge in [0.25, 0.3) is 0 Å². The number of hydrogen-bond acceptors (Lipinski definition) is 6. The molecule has 2 aromatic heterocycles. The van der Waals surface area contributed by atoms with Gasteiger partial charge in [-0.25, -0.2) is 14.4 Å². The normalized spacial score (nSPS) is 26.2. The number of aliphatic hydroxyl groups is 3. The smallest absolute Gasteiger partial charge is 0.154 e. The lowest BCUT2D eigenvalue weighted by atomic mass is 10.1. The SMILES string of the molecule is Nc1ncnc2c1c(F)cn2[C@@H]1C=C(CO)C(O)[C@@H]1O. The standard InChI is InChI=1S/C12H13FN4O3/c13-6-2-17(12-8(6)11(14)15-4-16-12)7-1-5(3-18)9(19)10(7)20/h1-2,4,7,9-10,18-20H,3H2,(H2,14,15,16)/t7-,9?,10-/m1/s1. The molecule has 3 atom stereocenters. The van der Waals surface area contributed by atoms with Crippen LogP contribution in [0.2, 0.25) is 0 Å². The summed E-state index contributed by atoms with van der Waals surface area (Å²) < 4.78 is 15.3. The third-order valence-corrected chi connectivity index (χ3v) is 3.53. The number of aromatic nitrogens is 3. The fraction of sp³-hybridized carbons (Fsp3) is 0.333. The van der Waals surface area contributed by atoms with Crippen LogP contribution in [0.4, 0.5) is 10.2 Å². The number of aliphatic hydroxyl groups excluding tert-OH is 3. The van der Waals surface area contributed by atoms with E-state index in [9.17, 15) is 14.6 Å². The Balaban J connectivity index is 2.17. The summed E-state index contributed by atoms with van der Waals surface area (Å²) in [5.74, 6) is -0.601. The van der Waals surface area contributed by atoms with Crippen molar-refractivity contribution >= 4 is 16.9 Å². The molecule has 0 aliphatic heterocycles. The first kappa shape index (κ1) is 13.0. The predicted octanol–water partition coefficient (Wildman–Crippen LogP) is -0.652. The van der Waals surface area contributed by atoms with Crippen molar-refractivity contribution in [3.8, 4) is 0 Å². The number of nitrogens with two attached hydrogens (primary N) is 1. The van der Waals surface area contributed by atoms with E-state index in [1.165, 1.54) is 17.0 Å². The van der Waals surface area contributed by atoms with Gasteiger partial charge in [0.15, 0.2) is 5.82 Å². The highest BCUT2D eigenvalue weighted by Crippen LogP contribution is 2.33. The summed E-state index contributed by atoms with van der Waals surface area (Å²) in [5.41, 5.74) is 6.12. The van der Waals surface area contributed by atoms with Crippen molar-refractivity contribution < 1.29 is 19.7 Å². The van der Waals surface area contributed by atoms with Crippen LogP contribution in [0, 0.1) is 5.82 Å². The molecular formula is C12H13FN4O3. The molecule has 0 fully saturated rings. The second-order valence-electron chi connectivity index (χ2n) is 4.67. The molecule has 0 saturated heterocycles. The Bertz CT molecular complexity index is 699. The Morgan fingerprint density at radius 3 is 2.75 bits per heavy atom. The van der Waals surface area contributed by atoms with Crippen LogP contribution in [0.1, 0.15) is 6.04 Å². The summed E-state index contributed by atoms with van der Waals surface area (Å²) in [6, 6.07) is -0.728. The largest absolute Gasteiger partial charge is 0.392 e. The van der Waals surface area contributed by atoms with Gasteiger partial charge in [0.05, 0.1) is 18.0 Å². The molecule has 3 rings (SSSR count). The molecule has 106 valence electrons. The van der Waals surface area contributed by atoms with E-state index in [4.69, 9.17) is 10.8 Å². The van der Waals surface area contributed by atoms with E-state index < -0.39 is 24.1 Å². The zero-order valence-electron chi connectivity index (χ0n) is 10.3. The van der Waals surface area contributed by atoms with Gasteiger partial charge in [-0.05, 0) is 5.57 Å². The van der Waals surface area contributed by atoms with Gasteiger partial charge < -0.3 is 25.6 Å². The van der Waals surface area contributed by atoms with E-state index in [1.54, 1.807) is 0 Å². The molecule has 2 aromatic rings. The monoisotopic (exact) mass is 280 g/mol. The number of nitrogens with zero attached hydrogens (tertiary/aromatic N) is 3. The second kappa shape index (κ2) is 4.51. The minimum atomic E-state index is -1.19. The van der Waals surface area contributed by atoms with Crippen molar-refractivity contribution in [1.29, 1.82) is 0 Å². The summed E-state index contributed by atoms with van der Waals surface area (Å²) in [5, 5.41) is 29.0. The fourth-order valence-corrected chi connectivity index (χ4v) is 2.50. The highest BCUT2D eigenvalue weighted by atomic mass is 19.1. The van der Waals surface area contributed by atoms with E-state index >= 15 is 0 Å². The lowest BCUT2D eigenvalue weighted by molar-refractivity contribution is 0.0288. The molecule has 1 unspecified atom stereocenters. The number of rotatable bonds is 2. The van der Waals surface area contributed by atoms with Crippen LogP contribution in [-0.4, -0.2) is 48.7 Å². The minimum absolute atomic E-state index is 0.00523. The van der Waals surface area contributed by atoms with Gasteiger partial charge in [0.1, 0.15) is 30.0 Å². The van der Waals surface area contributed by atoms with Crippen LogP contribution in [0.3, 0.4) is 0 Å². The van der Waals surface area contributed by atoms with Crippen molar-refractivity contribution in [3.63, 3.8) is 0 Å². The van der Waals surface area contributed by atoms with E-state index in [2.05, 4.69) is 9.97 Å². The van der Waals surface area contributed by atoms with Gasteiger partial charge in [-0.3, -0.25) is 0 Å². The van der Waals surface area contributed by atoms with Crippen molar-refractivity contribution in [3.05, 3.63) is 30.0 Å². The molecule has 0 saturated carbocycles. The van der Waals surface area contributed by atoms with Gasteiger partial charge >= 0.3 is 0 Å². The van der Waals surface area contributed by atoms with Gasteiger partial charge in [0.2, 0.25) is 0 Å². The molecular weight excluding hydrogens is 267 g/mol. The number of hydrogen-bond donors (Lipinski definition) is 4. The average Bonchev–Trinajstić information content (AvgIpc) is 2.90. The summed E-state index contributed by atoms with van der Waals surface area (Å²) in [6.07, 6.45) is 1.45. The van der Waals surface area contributed by atoms with E-state index in [-0.39, 0.29) is 29.0 Å². The first-order chi connectivity index (χ1) is 9.54. The molecule has 0 aromatic carbocycles. The lowest BCUT2D eigenvalue weighted by Gasteiger charge is -2.19. The second-order valence-corrected chi connectivity index (χ2v) is 4.67. The number of fused-ring (bicyclic) bond motifs is 1. The molecule has 8 heteroatoms. The average molecular weight is 280 g/mol.